The maximum atomic E-state index is 11.8. The molecule has 2 rings (SSSR count). The van der Waals surface area contributed by atoms with Gasteiger partial charge in [0.05, 0.1) is 5.69 Å². The fraction of sp³-hybridized carbons (Fsp3) is 0.167. The molecule has 1 amide bonds. The van der Waals surface area contributed by atoms with Crippen molar-refractivity contribution in [2.24, 2.45) is 0 Å². The minimum Gasteiger partial charge on any atom is -0.508 e. The second kappa shape index (κ2) is 4.29. The lowest BCUT2D eigenvalue weighted by Crippen LogP contribution is -2.12. The van der Waals surface area contributed by atoms with Crippen molar-refractivity contribution in [1.29, 1.82) is 0 Å². The molecule has 0 bridgehead atoms. The summed E-state index contributed by atoms with van der Waals surface area (Å²) in [4.78, 5) is 15.6. The summed E-state index contributed by atoms with van der Waals surface area (Å²) >= 11 is 0. The van der Waals surface area contributed by atoms with Crippen LogP contribution in [0.5, 0.6) is 5.75 Å². The van der Waals surface area contributed by atoms with E-state index in [1.54, 1.807) is 26.0 Å². The van der Waals surface area contributed by atoms with Gasteiger partial charge >= 0.3 is 0 Å². The number of aromatic hydroxyl groups is 1. The maximum Gasteiger partial charge on any atom is 0.293 e. The van der Waals surface area contributed by atoms with E-state index in [0.717, 1.165) is 0 Å². The Morgan fingerprint density at radius 1 is 1.41 bits per heavy atom. The second-order valence-electron chi connectivity index (χ2n) is 3.72. The summed E-state index contributed by atoms with van der Waals surface area (Å²) in [5.74, 6) is 0.0275. The fourth-order valence-corrected chi connectivity index (χ4v) is 1.44. The number of phenolic OH excluding ortho intramolecular Hbond substituents is 1. The van der Waals surface area contributed by atoms with E-state index in [4.69, 9.17) is 4.42 Å². The van der Waals surface area contributed by atoms with Crippen LogP contribution >= 0.6 is 0 Å². The second-order valence-corrected chi connectivity index (χ2v) is 3.72. The lowest BCUT2D eigenvalue weighted by atomic mass is 10.2. The molecule has 0 saturated heterocycles. The van der Waals surface area contributed by atoms with Crippen LogP contribution in [-0.4, -0.2) is 16.0 Å². The Kier molecular flexibility index (Phi) is 2.82. The average molecular weight is 232 g/mol. The Morgan fingerprint density at radius 2 is 2.18 bits per heavy atom. The number of nitrogens with one attached hydrogen (secondary N) is 1. The first-order valence-electron chi connectivity index (χ1n) is 5.09. The van der Waals surface area contributed by atoms with Gasteiger partial charge in [0.25, 0.3) is 5.91 Å². The Labute approximate surface area is 98.1 Å². The number of anilines is 1. The zero-order valence-electron chi connectivity index (χ0n) is 9.52. The smallest absolute Gasteiger partial charge is 0.293 e. The van der Waals surface area contributed by atoms with Crippen LogP contribution < -0.4 is 5.32 Å². The number of rotatable bonds is 2. The van der Waals surface area contributed by atoms with Gasteiger partial charge in [-0.05, 0) is 37.6 Å². The SMILES string of the molecule is Cc1cc(NC(=O)c2ocnc2C)ccc1O. The molecule has 17 heavy (non-hydrogen) atoms. The normalized spacial score (nSPS) is 10.2. The van der Waals surface area contributed by atoms with Crippen LogP contribution in [0.25, 0.3) is 0 Å². The summed E-state index contributed by atoms with van der Waals surface area (Å²) in [5, 5.41) is 12.0. The number of hydrogen-bond acceptors (Lipinski definition) is 4. The van der Waals surface area contributed by atoms with Gasteiger partial charge in [0.2, 0.25) is 5.76 Å². The summed E-state index contributed by atoms with van der Waals surface area (Å²) in [6.45, 7) is 3.45. The molecule has 1 heterocycles. The number of hydrogen-bond donors (Lipinski definition) is 2. The first-order chi connectivity index (χ1) is 8.08. The van der Waals surface area contributed by atoms with Crippen molar-refractivity contribution in [3.05, 3.63) is 41.6 Å². The van der Waals surface area contributed by atoms with E-state index in [0.29, 0.717) is 16.9 Å². The van der Waals surface area contributed by atoms with Crippen LogP contribution in [0.15, 0.2) is 29.0 Å². The molecule has 5 nitrogen and oxygen atoms in total. The van der Waals surface area contributed by atoms with Crippen molar-refractivity contribution in [3.8, 4) is 5.75 Å². The fourth-order valence-electron chi connectivity index (χ4n) is 1.44. The minimum absolute atomic E-state index is 0.190. The average Bonchev–Trinajstić information content (AvgIpc) is 2.70. The van der Waals surface area contributed by atoms with Gasteiger partial charge in [-0.15, -0.1) is 0 Å². The Morgan fingerprint density at radius 3 is 2.76 bits per heavy atom. The van der Waals surface area contributed by atoms with Crippen molar-refractivity contribution in [2.75, 3.05) is 5.32 Å². The highest BCUT2D eigenvalue weighted by Crippen LogP contribution is 2.20. The van der Waals surface area contributed by atoms with Gasteiger partial charge in [0.1, 0.15) is 5.75 Å². The standard InChI is InChI=1S/C12H12N2O3/c1-7-5-9(3-4-10(7)15)14-12(16)11-8(2)13-6-17-11/h3-6,15H,1-2H3,(H,14,16). The van der Waals surface area contributed by atoms with E-state index in [2.05, 4.69) is 10.3 Å². The van der Waals surface area contributed by atoms with Crippen molar-refractivity contribution in [1.82, 2.24) is 4.98 Å². The van der Waals surface area contributed by atoms with E-state index in [1.165, 1.54) is 12.5 Å². The zero-order valence-corrected chi connectivity index (χ0v) is 9.52. The van der Waals surface area contributed by atoms with E-state index in [9.17, 15) is 9.90 Å². The number of aromatic nitrogens is 1. The van der Waals surface area contributed by atoms with Crippen molar-refractivity contribution in [2.45, 2.75) is 13.8 Å². The van der Waals surface area contributed by atoms with Gasteiger partial charge in [0.15, 0.2) is 6.39 Å². The lowest BCUT2D eigenvalue weighted by molar-refractivity contribution is 0.0996. The van der Waals surface area contributed by atoms with Crippen LogP contribution in [-0.2, 0) is 0 Å². The van der Waals surface area contributed by atoms with Gasteiger partial charge in [-0.3, -0.25) is 4.79 Å². The quantitative estimate of drug-likeness (QED) is 0.778. The third-order valence-electron chi connectivity index (χ3n) is 2.41. The van der Waals surface area contributed by atoms with E-state index >= 15 is 0 Å². The summed E-state index contributed by atoms with van der Waals surface area (Å²) in [6.07, 6.45) is 1.23. The molecular weight excluding hydrogens is 220 g/mol. The van der Waals surface area contributed by atoms with Gasteiger partial charge in [-0.25, -0.2) is 4.98 Å². The highest BCUT2D eigenvalue weighted by molar-refractivity contribution is 6.02. The molecule has 0 unspecified atom stereocenters. The molecule has 0 aliphatic rings. The summed E-state index contributed by atoms with van der Waals surface area (Å²) in [6, 6.07) is 4.82. The first-order valence-corrected chi connectivity index (χ1v) is 5.09. The van der Waals surface area contributed by atoms with Gasteiger partial charge in [-0.2, -0.15) is 0 Å². The number of oxazole rings is 1. The molecule has 2 aromatic rings. The maximum absolute atomic E-state index is 11.8. The molecule has 0 atom stereocenters. The third-order valence-corrected chi connectivity index (χ3v) is 2.41. The number of benzene rings is 1. The molecule has 0 saturated carbocycles. The molecule has 88 valence electrons. The topological polar surface area (TPSA) is 75.4 Å². The number of nitrogens with zero attached hydrogens (tertiary/aromatic N) is 1. The van der Waals surface area contributed by atoms with Crippen molar-refractivity contribution >= 4 is 11.6 Å². The molecule has 5 heteroatoms. The number of aryl methyl sites for hydroxylation is 2. The lowest BCUT2D eigenvalue weighted by Gasteiger charge is -2.05. The predicted octanol–water partition coefficient (Wildman–Crippen LogP) is 2.25. The van der Waals surface area contributed by atoms with Crippen molar-refractivity contribution < 1.29 is 14.3 Å². The summed E-state index contributed by atoms with van der Waals surface area (Å²) < 4.78 is 4.98. The largest absolute Gasteiger partial charge is 0.508 e. The minimum atomic E-state index is -0.356. The van der Waals surface area contributed by atoms with Crippen LogP contribution in [0.2, 0.25) is 0 Å². The van der Waals surface area contributed by atoms with Crippen LogP contribution in [0, 0.1) is 13.8 Å². The molecule has 1 aromatic heterocycles. The number of carbonyl (C=O) groups excluding carboxylic acids is 1. The van der Waals surface area contributed by atoms with E-state index < -0.39 is 0 Å². The van der Waals surface area contributed by atoms with Gasteiger partial charge < -0.3 is 14.8 Å². The summed E-state index contributed by atoms with van der Waals surface area (Å²) in [7, 11) is 0. The highest BCUT2D eigenvalue weighted by atomic mass is 16.3. The van der Waals surface area contributed by atoms with Crippen molar-refractivity contribution in [3.63, 3.8) is 0 Å². The highest BCUT2D eigenvalue weighted by Gasteiger charge is 2.14. The molecule has 0 aliphatic carbocycles. The zero-order chi connectivity index (χ0) is 12.4. The van der Waals surface area contributed by atoms with Crippen LogP contribution in [0.3, 0.4) is 0 Å². The Balaban J connectivity index is 2.19. The summed E-state index contributed by atoms with van der Waals surface area (Å²) in [5.41, 5.74) is 1.83. The van der Waals surface area contributed by atoms with E-state index in [-0.39, 0.29) is 17.4 Å². The molecular formula is C12H12N2O3. The molecule has 0 aliphatic heterocycles. The van der Waals surface area contributed by atoms with E-state index in [1.807, 2.05) is 0 Å². The molecule has 0 spiro atoms. The van der Waals surface area contributed by atoms with Crippen LogP contribution in [0.1, 0.15) is 21.8 Å². The molecule has 0 fully saturated rings. The monoisotopic (exact) mass is 232 g/mol. The molecule has 0 radical (unpaired) electrons. The van der Waals surface area contributed by atoms with Gasteiger partial charge in [-0.1, -0.05) is 0 Å². The first kappa shape index (κ1) is 11.2. The Hall–Kier alpha value is -2.30. The molecule has 2 N–H and O–H groups in total. The van der Waals surface area contributed by atoms with Crippen LogP contribution in [0.4, 0.5) is 5.69 Å². The number of amides is 1. The molecule has 1 aromatic carbocycles. The predicted molar refractivity (Wildman–Crippen MR) is 62.0 cm³/mol. The number of carbonyl (C=O) groups is 1. The third kappa shape index (κ3) is 2.28. The Bertz CT molecular complexity index is 561. The van der Waals surface area contributed by atoms with Gasteiger partial charge in [0, 0.05) is 5.69 Å². The number of phenols is 1.